The van der Waals surface area contributed by atoms with E-state index in [1.165, 1.54) is 36.4 Å². The fourth-order valence-corrected chi connectivity index (χ4v) is 4.24. The van der Waals surface area contributed by atoms with Crippen LogP contribution in [0.15, 0.2) is 36.4 Å². The van der Waals surface area contributed by atoms with Gasteiger partial charge in [0.05, 0.1) is 23.9 Å². The monoisotopic (exact) mass is 400 g/mol. The van der Waals surface area contributed by atoms with Crippen molar-refractivity contribution in [1.29, 1.82) is 0 Å². The van der Waals surface area contributed by atoms with Crippen molar-refractivity contribution in [3.63, 3.8) is 0 Å². The summed E-state index contributed by atoms with van der Waals surface area (Å²) in [5.41, 5.74) is 10.2. The number of carbonyl (C=O) groups excluding carboxylic acids is 2. The van der Waals surface area contributed by atoms with E-state index in [0.29, 0.717) is 8.61 Å². The van der Waals surface area contributed by atoms with Crippen LogP contribution in [-0.4, -0.2) is 41.4 Å². The normalized spacial score (nSPS) is 11.9. The summed E-state index contributed by atoms with van der Waals surface area (Å²) in [5, 5.41) is 0.369. The SMILES string of the molecule is CS(=O)(=O)N(C(N)=O)c1cccc2c(N(C(N)=O)S(C)(=O)=O)cccc12. The Morgan fingerprint density at radius 1 is 0.731 bits per heavy atom. The van der Waals surface area contributed by atoms with Gasteiger partial charge in [0.2, 0.25) is 20.0 Å². The van der Waals surface area contributed by atoms with Crippen molar-refractivity contribution in [3.05, 3.63) is 36.4 Å². The molecule has 10 nitrogen and oxygen atoms in total. The number of amides is 4. The first kappa shape index (κ1) is 19.5. The van der Waals surface area contributed by atoms with E-state index in [-0.39, 0.29) is 22.1 Å². The van der Waals surface area contributed by atoms with Gasteiger partial charge in [-0.15, -0.1) is 0 Å². The molecule has 0 saturated heterocycles. The third kappa shape index (κ3) is 3.55. The molecule has 26 heavy (non-hydrogen) atoms. The van der Waals surface area contributed by atoms with Gasteiger partial charge in [0, 0.05) is 10.8 Å². The Morgan fingerprint density at radius 2 is 1.04 bits per heavy atom. The topological polar surface area (TPSA) is 161 Å². The number of rotatable bonds is 4. The summed E-state index contributed by atoms with van der Waals surface area (Å²) in [6, 6.07) is 5.88. The molecule has 0 aliphatic heterocycles. The van der Waals surface area contributed by atoms with Gasteiger partial charge in [-0.3, -0.25) is 0 Å². The molecule has 0 fully saturated rings. The van der Waals surface area contributed by atoms with Gasteiger partial charge in [-0.2, -0.15) is 8.61 Å². The maximum Gasteiger partial charge on any atom is 0.333 e. The number of fused-ring (bicyclic) bond motifs is 1. The van der Waals surface area contributed by atoms with E-state index in [0.717, 1.165) is 12.5 Å². The molecule has 4 N–H and O–H groups in total. The Morgan fingerprint density at radius 3 is 1.27 bits per heavy atom. The molecule has 2 aromatic carbocycles. The maximum absolute atomic E-state index is 11.9. The van der Waals surface area contributed by atoms with Crippen molar-refractivity contribution >= 4 is 54.3 Å². The van der Waals surface area contributed by atoms with Gasteiger partial charge in [0.25, 0.3) is 0 Å². The van der Waals surface area contributed by atoms with Crippen LogP contribution in [0.3, 0.4) is 0 Å². The van der Waals surface area contributed by atoms with Crippen molar-refractivity contribution in [1.82, 2.24) is 0 Å². The second-order valence-corrected chi connectivity index (χ2v) is 9.04. The van der Waals surface area contributed by atoms with Gasteiger partial charge < -0.3 is 11.5 Å². The molecule has 0 atom stereocenters. The first-order valence-electron chi connectivity index (χ1n) is 6.97. The van der Waals surface area contributed by atoms with Gasteiger partial charge in [-0.1, -0.05) is 24.3 Å². The van der Waals surface area contributed by atoms with E-state index in [9.17, 15) is 26.4 Å². The standard InChI is InChI=1S/C14H16N4O6S2/c1-25(21,22)17(13(15)19)11-7-3-6-10-9(11)5-4-8-12(10)18(14(16)20)26(2,23)24/h3-8H,1-2H3,(H2,15,19)(H2,16,20). The molecule has 0 bridgehead atoms. The minimum absolute atomic E-state index is 0.0859. The van der Waals surface area contributed by atoms with Gasteiger partial charge >= 0.3 is 12.1 Å². The minimum atomic E-state index is -4.05. The summed E-state index contributed by atoms with van der Waals surface area (Å²) < 4.78 is 48.6. The molecule has 12 heteroatoms. The Balaban J connectivity index is 2.90. The molecule has 0 heterocycles. The highest BCUT2D eigenvalue weighted by Gasteiger charge is 2.28. The van der Waals surface area contributed by atoms with E-state index in [1.807, 2.05) is 0 Å². The molecule has 0 spiro atoms. The average Bonchev–Trinajstić information content (AvgIpc) is 2.44. The average molecular weight is 400 g/mol. The van der Waals surface area contributed by atoms with E-state index >= 15 is 0 Å². The first-order chi connectivity index (χ1) is 11.9. The van der Waals surface area contributed by atoms with Crippen LogP contribution in [0, 0.1) is 0 Å². The second kappa shape index (κ2) is 6.46. The highest BCUT2D eigenvalue weighted by atomic mass is 32.2. The van der Waals surface area contributed by atoms with Crippen LogP contribution in [0.5, 0.6) is 0 Å². The van der Waals surface area contributed by atoms with Gasteiger partial charge in [0.15, 0.2) is 0 Å². The molecule has 0 unspecified atom stereocenters. The van der Waals surface area contributed by atoms with Crippen LogP contribution in [0.25, 0.3) is 10.8 Å². The lowest BCUT2D eigenvalue weighted by Crippen LogP contribution is -2.41. The summed E-state index contributed by atoms with van der Waals surface area (Å²) in [4.78, 5) is 23.3. The molecule has 0 saturated carbocycles. The number of urea groups is 2. The Kier molecular flexibility index (Phi) is 4.84. The van der Waals surface area contributed by atoms with Crippen molar-refractivity contribution < 1.29 is 26.4 Å². The van der Waals surface area contributed by atoms with E-state index in [2.05, 4.69) is 0 Å². The maximum atomic E-state index is 11.9. The van der Waals surface area contributed by atoms with Crippen LogP contribution < -0.4 is 20.1 Å². The Hall–Kier alpha value is -2.86. The highest BCUT2D eigenvalue weighted by molar-refractivity contribution is 7.93. The molecule has 0 radical (unpaired) electrons. The number of hydrogen-bond donors (Lipinski definition) is 2. The molecule has 4 amide bonds. The summed E-state index contributed by atoms with van der Waals surface area (Å²) in [5.74, 6) is 0. The fraction of sp³-hybridized carbons (Fsp3) is 0.143. The van der Waals surface area contributed by atoms with Crippen LogP contribution in [-0.2, 0) is 20.0 Å². The number of hydrogen-bond acceptors (Lipinski definition) is 6. The van der Waals surface area contributed by atoms with Gasteiger partial charge in [-0.05, 0) is 12.1 Å². The fourth-order valence-electron chi connectivity index (χ4n) is 2.55. The molecule has 0 aliphatic rings. The van der Waals surface area contributed by atoms with Crippen molar-refractivity contribution in [2.75, 3.05) is 21.1 Å². The first-order valence-corrected chi connectivity index (χ1v) is 10.7. The zero-order chi connectivity index (χ0) is 19.9. The lowest BCUT2D eigenvalue weighted by Gasteiger charge is -2.23. The van der Waals surface area contributed by atoms with Crippen molar-refractivity contribution in [2.24, 2.45) is 11.5 Å². The molecule has 0 aromatic heterocycles. The molecular weight excluding hydrogens is 384 g/mol. The summed E-state index contributed by atoms with van der Waals surface area (Å²) in [6.07, 6.45) is 1.60. The molecule has 0 aliphatic carbocycles. The van der Waals surface area contributed by atoms with Crippen LogP contribution in [0.2, 0.25) is 0 Å². The summed E-state index contributed by atoms with van der Waals surface area (Å²) in [6.45, 7) is 0. The highest BCUT2D eigenvalue weighted by Crippen LogP contribution is 2.35. The van der Waals surface area contributed by atoms with Crippen molar-refractivity contribution in [3.8, 4) is 0 Å². The molecule has 2 rings (SSSR count). The number of nitrogens with zero attached hydrogens (tertiary/aromatic N) is 2. The zero-order valence-corrected chi connectivity index (χ0v) is 15.4. The molecular formula is C14H16N4O6S2. The second-order valence-electron chi connectivity index (χ2n) is 5.38. The quantitative estimate of drug-likeness (QED) is 0.761. The number of primary amides is 2. The smallest absolute Gasteiger partial charge is 0.333 e. The lowest BCUT2D eigenvalue weighted by molar-refractivity contribution is 0.256. The summed E-state index contributed by atoms with van der Waals surface area (Å²) >= 11 is 0. The predicted molar refractivity (Wildman–Crippen MR) is 97.8 cm³/mol. The Bertz CT molecular complexity index is 1020. The number of benzene rings is 2. The van der Waals surface area contributed by atoms with Gasteiger partial charge in [0.1, 0.15) is 0 Å². The van der Waals surface area contributed by atoms with Crippen molar-refractivity contribution in [2.45, 2.75) is 0 Å². The van der Waals surface area contributed by atoms with Crippen LogP contribution >= 0.6 is 0 Å². The third-order valence-electron chi connectivity index (χ3n) is 3.38. The minimum Gasteiger partial charge on any atom is -0.350 e. The zero-order valence-electron chi connectivity index (χ0n) is 13.8. The number of carbonyl (C=O) groups is 2. The number of nitrogens with two attached hydrogens (primary N) is 2. The third-order valence-corrected chi connectivity index (χ3v) is 5.46. The molecule has 2 aromatic rings. The van der Waals surface area contributed by atoms with Crippen LogP contribution in [0.1, 0.15) is 0 Å². The lowest BCUT2D eigenvalue weighted by atomic mass is 10.1. The Labute approximate surface area is 150 Å². The summed E-state index contributed by atoms with van der Waals surface area (Å²) in [7, 11) is -8.10. The largest absolute Gasteiger partial charge is 0.350 e. The van der Waals surface area contributed by atoms with E-state index in [4.69, 9.17) is 11.5 Å². The number of anilines is 2. The number of sulfonamides is 2. The molecule has 140 valence electrons. The van der Waals surface area contributed by atoms with E-state index in [1.54, 1.807) is 0 Å². The van der Waals surface area contributed by atoms with Crippen LogP contribution in [0.4, 0.5) is 21.0 Å². The van der Waals surface area contributed by atoms with E-state index < -0.39 is 32.1 Å². The predicted octanol–water partition coefficient (Wildman–Crippen LogP) is 0.529. The van der Waals surface area contributed by atoms with Gasteiger partial charge in [-0.25, -0.2) is 26.4 Å².